The SMILES string of the molecule is c1ccc(-c2ccc3ccc4c(-c5ccc6c(c5)-c5cccc7cccc(c57)S6)ccc5ccc2c3c54)cc1. The zero-order chi connectivity index (χ0) is 25.5. The maximum Gasteiger partial charge on any atom is 0.0207 e. The summed E-state index contributed by atoms with van der Waals surface area (Å²) >= 11 is 1.89. The fourth-order valence-electron chi connectivity index (χ4n) is 6.65. The standard InChI is InChI=1S/C38H22S/c1-2-6-23(7-3-1)28-17-12-25-15-20-32-29(18-13-26-14-19-31(28)37(25)38(26)32)27-16-21-34-33(22-27)30-10-4-8-24-9-5-11-35(39-34)36(24)30/h1-22H. The minimum absolute atomic E-state index is 1.26. The second kappa shape index (κ2) is 7.96. The normalized spacial score (nSPS) is 12.5. The van der Waals surface area contributed by atoms with Gasteiger partial charge in [0.1, 0.15) is 0 Å². The van der Waals surface area contributed by atoms with Gasteiger partial charge in [-0.25, -0.2) is 0 Å². The molecule has 1 aliphatic heterocycles. The lowest BCUT2D eigenvalue weighted by molar-refractivity contribution is 1.40. The van der Waals surface area contributed by atoms with Gasteiger partial charge in [-0.15, -0.1) is 0 Å². The second-order valence-electron chi connectivity index (χ2n) is 10.5. The smallest absolute Gasteiger partial charge is 0.0207 e. The highest BCUT2D eigenvalue weighted by molar-refractivity contribution is 7.99. The van der Waals surface area contributed by atoms with Gasteiger partial charge in [0.15, 0.2) is 0 Å². The summed E-state index contributed by atoms with van der Waals surface area (Å²) < 4.78 is 0. The molecule has 0 nitrogen and oxygen atoms in total. The van der Waals surface area contributed by atoms with Crippen molar-refractivity contribution in [1.82, 2.24) is 0 Å². The molecule has 0 aromatic heterocycles. The first-order valence-corrected chi connectivity index (χ1v) is 14.3. The van der Waals surface area contributed by atoms with Gasteiger partial charge in [0.2, 0.25) is 0 Å². The predicted molar refractivity (Wildman–Crippen MR) is 168 cm³/mol. The van der Waals surface area contributed by atoms with Crippen LogP contribution in [0.5, 0.6) is 0 Å². The fraction of sp³-hybridized carbons (Fsp3) is 0. The Morgan fingerprint density at radius 2 is 0.974 bits per heavy atom. The zero-order valence-electron chi connectivity index (χ0n) is 21.1. The lowest BCUT2D eigenvalue weighted by Gasteiger charge is -2.21. The highest BCUT2D eigenvalue weighted by Gasteiger charge is 2.20. The summed E-state index contributed by atoms with van der Waals surface area (Å²) in [5.41, 5.74) is 7.79. The van der Waals surface area contributed by atoms with Crippen LogP contribution in [-0.4, -0.2) is 0 Å². The molecule has 0 radical (unpaired) electrons. The third-order valence-electron chi connectivity index (χ3n) is 8.42. The molecule has 0 saturated heterocycles. The molecule has 0 unspecified atom stereocenters. The average molecular weight is 511 g/mol. The molecule has 0 saturated carbocycles. The van der Waals surface area contributed by atoms with Gasteiger partial charge in [0.25, 0.3) is 0 Å². The second-order valence-corrected chi connectivity index (χ2v) is 11.6. The quantitative estimate of drug-likeness (QED) is 0.208. The van der Waals surface area contributed by atoms with Gasteiger partial charge in [0, 0.05) is 15.2 Å². The molecule has 8 aromatic rings. The number of rotatable bonds is 2. The molecule has 0 bridgehead atoms. The van der Waals surface area contributed by atoms with Gasteiger partial charge < -0.3 is 0 Å². The van der Waals surface area contributed by atoms with E-state index < -0.39 is 0 Å². The van der Waals surface area contributed by atoms with Gasteiger partial charge >= 0.3 is 0 Å². The van der Waals surface area contributed by atoms with E-state index in [9.17, 15) is 0 Å². The zero-order valence-corrected chi connectivity index (χ0v) is 21.9. The van der Waals surface area contributed by atoms with E-state index in [2.05, 4.69) is 133 Å². The molecule has 1 heterocycles. The van der Waals surface area contributed by atoms with Gasteiger partial charge in [-0.1, -0.05) is 127 Å². The summed E-state index contributed by atoms with van der Waals surface area (Å²) in [6, 6.07) is 49.5. The first-order chi connectivity index (χ1) is 19.3. The van der Waals surface area contributed by atoms with Gasteiger partial charge in [-0.2, -0.15) is 0 Å². The molecule has 8 aromatic carbocycles. The molecular formula is C38H22S. The molecule has 0 aliphatic carbocycles. The Balaban J connectivity index is 1.31. The summed E-state index contributed by atoms with van der Waals surface area (Å²) in [5, 5.41) is 10.6. The first kappa shape index (κ1) is 21.4. The fourth-order valence-corrected chi connectivity index (χ4v) is 7.78. The van der Waals surface area contributed by atoms with Crippen molar-refractivity contribution in [3.63, 3.8) is 0 Å². The van der Waals surface area contributed by atoms with E-state index in [1.165, 1.54) is 86.3 Å². The van der Waals surface area contributed by atoms with E-state index in [4.69, 9.17) is 0 Å². The molecule has 0 spiro atoms. The van der Waals surface area contributed by atoms with Crippen molar-refractivity contribution >= 4 is 54.9 Å². The van der Waals surface area contributed by atoms with E-state index in [0.29, 0.717) is 0 Å². The van der Waals surface area contributed by atoms with E-state index >= 15 is 0 Å². The van der Waals surface area contributed by atoms with Crippen molar-refractivity contribution < 1.29 is 0 Å². The average Bonchev–Trinajstić information content (AvgIpc) is 3.00. The highest BCUT2D eigenvalue weighted by atomic mass is 32.2. The number of hydrogen-bond donors (Lipinski definition) is 0. The molecule has 9 rings (SSSR count). The Morgan fingerprint density at radius 1 is 0.333 bits per heavy atom. The number of hydrogen-bond acceptors (Lipinski definition) is 1. The predicted octanol–water partition coefficient (Wildman–Crippen LogP) is 11.2. The Kier molecular flexibility index (Phi) is 4.36. The Morgan fingerprint density at radius 3 is 1.72 bits per heavy atom. The molecule has 0 amide bonds. The van der Waals surface area contributed by atoms with Crippen LogP contribution in [-0.2, 0) is 0 Å². The minimum atomic E-state index is 1.26. The Bertz CT molecular complexity index is 2240. The van der Waals surface area contributed by atoms with Crippen LogP contribution in [0.3, 0.4) is 0 Å². The minimum Gasteiger partial charge on any atom is -0.0888 e. The maximum absolute atomic E-state index is 2.41. The van der Waals surface area contributed by atoms with Crippen LogP contribution in [0.25, 0.3) is 76.5 Å². The summed E-state index contributed by atoms with van der Waals surface area (Å²) in [6.07, 6.45) is 0. The summed E-state index contributed by atoms with van der Waals surface area (Å²) in [6.45, 7) is 0. The van der Waals surface area contributed by atoms with Crippen molar-refractivity contribution in [3.8, 4) is 33.4 Å². The summed E-state index contributed by atoms with van der Waals surface area (Å²) in [7, 11) is 0. The van der Waals surface area contributed by atoms with Gasteiger partial charge in [-0.3, -0.25) is 0 Å². The Hall–Kier alpha value is -4.59. The van der Waals surface area contributed by atoms with Crippen LogP contribution in [0.15, 0.2) is 143 Å². The lowest BCUT2D eigenvalue weighted by atomic mass is 9.86. The van der Waals surface area contributed by atoms with Crippen LogP contribution >= 0.6 is 11.8 Å². The van der Waals surface area contributed by atoms with E-state index in [0.717, 1.165) is 0 Å². The van der Waals surface area contributed by atoms with Crippen LogP contribution in [0.2, 0.25) is 0 Å². The monoisotopic (exact) mass is 510 g/mol. The van der Waals surface area contributed by atoms with Crippen molar-refractivity contribution in [1.29, 1.82) is 0 Å². The van der Waals surface area contributed by atoms with Crippen LogP contribution in [0, 0.1) is 0 Å². The van der Waals surface area contributed by atoms with Crippen LogP contribution in [0.4, 0.5) is 0 Å². The summed E-state index contributed by atoms with van der Waals surface area (Å²) in [4.78, 5) is 2.68. The summed E-state index contributed by atoms with van der Waals surface area (Å²) in [5.74, 6) is 0. The number of benzene rings is 8. The molecular weight excluding hydrogens is 488 g/mol. The molecule has 1 heteroatoms. The van der Waals surface area contributed by atoms with E-state index in [-0.39, 0.29) is 0 Å². The van der Waals surface area contributed by atoms with Crippen molar-refractivity contribution in [3.05, 3.63) is 133 Å². The number of fused-ring (bicyclic) bond motifs is 2. The van der Waals surface area contributed by atoms with Gasteiger partial charge in [0.05, 0.1) is 0 Å². The molecule has 0 N–H and O–H groups in total. The Labute approximate surface area is 230 Å². The molecule has 1 aliphatic rings. The molecule has 39 heavy (non-hydrogen) atoms. The van der Waals surface area contributed by atoms with Crippen LogP contribution in [0.1, 0.15) is 0 Å². The highest BCUT2D eigenvalue weighted by Crippen LogP contribution is 2.49. The van der Waals surface area contributed by atoms with Crippen molar-refractivity contribution in [2.45, 2.75) is 9.79 Å². The lowest BCUT2D eigenvalue weighted by Crippen LogP contribution is -1.94. The topological polar surface area (TPSA) is 0 Å². The molecule has 180 valence electrons. The largest absolute Gasteiger partial charge is 0.0888 e. The maximum atomic E-state index is 2.41. The van der Waals surface area contributed by atoms with E-state index in [1.807, 2.05) is 11.8 Å². The van der Waals surface area contributed by atoms with Crippen LogP contribution < -0.4 is 0 Å². The first-order valence-electron chi connectivity index (χ1n) is 13.4. The van der Waals surface area contributed by atoms with Gasteiger partial charge in [-0.05, 0) is 89.3 Å². The van der Waals surface area contributed by atoms with E-state index in [1.54, 1.807) is 0 Å². The van der Waals surface area contributed by atoms with Crippen molar-refractivity contribution in [2.75, 3.05) is 0 Å². The molecule has 0 atom stereocenters. The molecule has 0 fully saturated rings. The third-order valence-corrected chi connectivity index (χ3v) is 9.55. The third kappa shape index (κ3) is 3.02. The van der Waals surface area contributed by atoms with Crippen molar-refractivity contribution in [2.24, 2.45) is 0 Å².